The average Bonchev–Trinajstić information content (AvgIpc) is 3.04. The molecule has 0 radical (unpaired) electrons. The van der Waals surface area contributed by atoms with E-state index in [1.165, 1.54) is 29.0 Å². The third-order valence-electron chi connectivity index (χ3n) is 5.35. The fourth-order valence-corrected chi connectivity index (χ4v) is 3.93. The second-order valence-corrected chi connectivity index (χ2v) is 6.96. The Morgan fingerprint density at radius 3 is 2.55 bits per heavy atom. The highest BCUT2D eigenvalue weighted by Gasteiger charge is 2.59. The van der Waals surface area contributed by atoms with Crippen molar-refractivity contribution >= 4 is 29.1 Å². The highest BCUT2D eigenvalue weighted by atomic mass is 19.4. The van der Waals surface area contributed by atoms with Crippen LogP contribution >= 0.6 is 0 Å². The third-order valence-corrected chi connectivity index (χ3v) is 5.35. The maximum absolute atomic E-state index is 13.3. The summed E-state index contributed by atoms with van der Waals surface area (Å²) < 4.78 is 39.0. The van der Waals surface area contributed by atoms with Crippen molar-refractivity contribution in [2.45, 2.75) is 24.7 Å². The second kappa shape index (κ2) is 6.33. The van der Waals surface area contributed by atoms with Gasteiger partial charge >= 0.3 is 6.18 Å². The smallest absolute Gasteiger partial charge is 0.322 e. The highest BCUT2D eigenvalue weighted by molar-refractivity contribution is 6.18. The molecule has 0 saturated carbocycles. The fraction of sp³-hybridized carbons (Fsp3) is 0.250. The molecule has 1 N–H and O–H groups in total. The van der Waals surface area contributed by atoms with Crippen LogP contribution in [0.15, 0.2) is 48.5 Å². The topological polar surface area (TPSA) is 69.7 Å². The summed E-state index contributed by atoms with van der Waals surface area (Å²) in [5, 5.41) is 2.46. The van der Waals surface area contributed by atoms with Crippen molar-refractivity contribution in [1.29, 1.82) is 0 Å². The van der Waals surface area contributed by atoms with Crippen LogP contribution in [0.3, 0.4) is 0 Å². The quantitative estimate of drug-likeness (QED) is 0.837. The van der Waals surface area contributed by atoms with Crippen molar-refractivity contribution in [1.82, 2.24) is 4.90 Å². The molecule has 1 fully saturated rings. The molecular formula is C20H16F3N3O3. The number of carbonyl (C=O) groups excluding carboxylic acids is 3. The number of amides is 3. The number of nitrogens with zero attached hydrogens (tertiary/aromatic N) is 2. The van der Waals surface area contributed by atoms with Crippen LogP contribution in [-0.4, -0.2) is 35.3 Å². The molecule has 0 unspecified atom stereocenters. The number of benzene rings is 2. The van der Waals surface area contributed by atoms with E-state index in [1.54, 1.807) is 24.3 Å². The maximum Gasteiger partial charge on any atom is 0.416 e. The Morgan fingerprint density at radius 1 is 1.10 bits per heavy atom. The lowest BCUT2D eigenvalue weighted by Gasteiger charge is -2.47. The van der Waals surface area contributed by atoms with E-state index in [1.807, 2.05) is 0 Å². The molecule has 6 nitrogen and oxygen atoms in total. The normalized spacial score (nSPS) is 21.1. The lowest BCUT2D eigenvalue weighted by molar-refractivity contribution is -0.137. The molecule has 2 aromatic carbocycles. The van der Waals surface area contributed by atoms with E-state index < -0.39 is 29.2 Å². The molecule has 2 aromatic rings. The Hall–Kier alpha value is -3.36. The predicted octanol–water partition coefficient (Wildman–Crippen LogP) is 3.25. The number of alkyl halides is 3. The maximum atomic E-state index is 13.3. The average molecular weight is 403 g/mol. The largest absolute Gasteiger partial charge is 0.416 e. The SMILES string of the molecule is CN1C(=O)c2ccccc2N2C(=O)CC[C@@]12C(=O)Nc1cccc(C(F)(F)F)c1. The van der Waals surface area contributed by atoms with Gasteiger partial charge in [-0.25, -0.2) is 0 Å². The molecule has 1 saturated heterocycles. The zero-order valence-corrected chi connectivity index (χ0v) is 15.3. The first-order chi connectivity index (χ1) is 13.7. The van der Waals surface area contributed by atoms with Crippen LogP contribution in [-0.2, 0) is 15.8 Å². The molecule has 0 bridgehead atoms. The van der Waals surface area contributed by atoms with Crippen molar-refractivity contribution in [2.75, 3.05) is 17.3 Å². The number of carbonyl (C=O) groups is 3. The summed E-state index contributed by atoms with van der Waals surface area (Å²) in [7, 11) is 1.41. The first-order valence-electron chi connectivity index (χ1n) is 8.85. The van der Waals surface area contributed by atoms with Gasteiger partial charge in [0, 0.05) is 25.6 Å². The molecule has 2 heterocycles. The van der Waals surface area contributed by atoms with E-state index in [9.17, 15) is 27.6 Å². The molecule has 2 aliphatic heterocycles. The van der Waals surface area contributed by atoms with Gasteiger partial charge in [0.1, 0.15) is 0 Å². The van der Waals surface area contributed by atoms with Crippen LogP contribution in [0.4, 0.5) is 24.5 Å². The summed E-state index contributed by atoms with van der Waals surface area (Å²) in [5.41, 5.74) is -2.02. The van der Waals surface area contributed by atoms with Gasteiger partial charge < -0.3 is 10.2 Å². The fourth-order valence-electron chi connectivity index (χ4n) is 3.93. The molecule has 0 spiro atoms. The van der Waals surface area contributed by atoms with Gasteiger partial charge in [-0.15, -0.1) is 0 Å². The van der Waals surface area contributed by atoms with Crippen LogP contribution in [0.2, 0.25) is 0 Å². The number of anilines is 2. The van der Waals surface area contributed by atoms with Gasteiger partial charge in [-0.05, 0) is 30.3 Å². The van der Waals surface area contributed by atoms with E-state index in [-0.39, 0.29) is 30.0 Å². The third kappa shape index (κ3) is 2.76. The van der Waals surface area contributed by atoms with Gasteiger partial charge in [0.2, 0.25) is 11.6 Å². The summed E-state index contributed by atoms with van der Waals surface area (Å²) in [5.74, 6) is -1.52. The standard InChI is InChI=1S/C20H16F3N3O3/c1-25-17(28)14-7-2-3-8-15(14)26-16(27)9-10-19(25,26)18(29)24-13-6-4-5-12(11-13)20(21,22)23/h2-8,11H,9-10H2,1H3,(H,24,29)/t19-/m1/s1. The number of fused-ring (bicyclic) bond motifs is 3. The molecular weight excluding hydrogens is 387 g/mol. The molecule has 2 aliphatic rings. The summed E-state index contributed by atoms with van der Waals surface area (Å²) >= 11 is 0. The molecule has 1 atom stereocenters. The molecule has 9 heteroatoms. The lowest BCUT2D eigenvalue weighted by Crippen LogP contribution is -2.68. The number of nitrogens with one attached hydrogen (secondary N) is 1. The summed E-state index contributed by atoms with van der Waals surface area (Å²) in [6, 6.07) is 10.7. The molecule has 29 heavy (non-hydrogen) atoms. The van der Waals surface area contributed by atoms with Gasteiger partial charge in [0.15, 0.2) is 0 Å². The van der Waals surface area contributed by atoms with Crippen LogP contribution in [0.5, 0.6) is 0 Å². The van der Waals surface area contributed by atoms with Gasteiger partial charge in [-0.3, -0.25) is 19.3 Å². The van der Waals surface area contributed by atoms with Gasteiger partial charge in [0.05, 0.1) is 16.8 Å². The zero-order valence-electron chi connectivity index (χ0n) is 15.3. The van der Waals surface area contributed by atoms with Crippen LogP contribution in [0.25, 0.3) is 0 Å². The number of hydrogen-bond donors (Lipinski definition) is 1. The van der Waals surface area contributed by atoms with E-state index in [4.69, 9.17) is 0 Å². The zero-order chi connectivity index (χ0) is 21.0. The van der Waals surface area contributed by atoms with Gasteiger partial charge in [-0.1, -0.05) is 18.2 Å². The Bertz CT molecular complexity index is 1040. The Morgan fingerprint density at radius 2 is 1.83 bits per heavy atom. The molecule has 150 valence electrons. The highest BCUT2D eigenvalue weighted by Crippen LogP contribution is 2.44. The summed E-state index contributed by atoms with van der Waals surface area (Å²) in [6.45, 7) is 0. The van der Waals surface area contributed by atoms with Gasteiger partial charge in [0.25, 0.3) is 11.8 Å². The summed E-state index contributed by atoms with van der Waals surface area (Å²) in [6.07, 6.45) is -4.50. The number of hydrogen-bond acceptors (Lipinski definition) is 3. The van der Waals surface area contributed by atoms with Crippen molar-refractivity contribution in [3.8, 4) is 0 Å². The first-order valence-corrected chi connectivity index (χ1v) is 8.85. The minimum atomic E-state index is -4.56. The molecule has 3 amide bonds. The molecule has 0 aromatic heterocycles. The second-order valence-electron chi connectivity index (χ2n) is 6.96. The number of likely N-dealkylation sites (N-methyl/N-ethyl adjacent to an activating group) is 1. The van der Waals surface area contributed by atoms with Crippen molar-refractivity contribution in [3.05, 3.63) is 59.7 Å². The van der Waals surface area contributed by atoms with E-state index in [0.29, 0.717) is 5.69 Å². The number of para-hydroxylation sites is 1. The molecule has 0 aliphatic carbocycles. The van der Waals surface area contributed by atoms with E-state index in [0.717, 1.165) is 12.1 Å². The Balaban J connectivity index is 1.76. The lowest BCUT2D eigenvalue weighted by atomic mass is 9.96. The monoisotopic (exact) mass is 403 g/mol. The minimum Gasteiger partial charge on any atom is -0.322 e. The predicted molar refractivity (Wildman–Crippen MR) is 98.1 cm³/mol. The first kappa shape index (κ1) is 19.0. The van der Waals surface area contributed by atoms with Crippen LogP contribution in [0, 0.1) is 0 Å². The van der Waals surface area contributed by atoms with Crippen molar-refractivity contribution in [3.63, 3.8) is 0 Å². The Labute approximate surface area is 163 Å². The minimum absolute atomic E-state index is 0.0297. The molecule has 4 rings (SSSR count). The van der Waals surface area contributed by atoms with Crippen molar-refractivity contribution in [2.24, 2.45) is 0 Å². The van der Waals surface area contributed by atoms with E-state index in [2.05, 4.69) is 5.32 Å². The van der Waals surface area contributed by atoms with Crippen molar-refractivity contribution < 1.29 is 27.6 Å². The Kier molecular flexibility index (Phi) is 4.14. The van der Waals surface area contributed by atoms with Crippen LogP contribution in [0.1, 0.15) is 28.8 Å². The van der Waals surface area contributed by atoms with E-state index >= 15 is 0 Å². The number of halogens is 3. The van der Waals surface area contributed by atoms with Crippen LogP contribution < -0.4 is 10.2 Å². The summed E-state index contributed by atoms with van der Waals surface area (Å²) in [4.78, 5) is 41.2. The van der Waals surface area contributed by atoms with Gasteiger partial charge in [-0.2, -0.15) is 13.2 Å². The number of rotatable bonds is 2.